The summed E-state index contributed by atoms with van der Waals surface area (Å²) in [6.45, 7) is 5.20. The lowest BCUT2D eigenvalue weighted by Gasteiger charge is -2.32. The quantitative estimate of drug-likeness (QED) is 0.744. The van der Waals surface area contributed by atoms with Crippen LogP contribution in [0.1, 0.15) is 35.6 Å². The van der Waals surface area contributed by atoms with E-state index >= 15 is 0 Å². The Balaban J connectivity index is 1.61. The zero-order chi connectivity index (χ0) is 20.8. The second-order valence-electron chi connectivity index (χ2n) is 7.37. The third-order valence-electron chi connectivity index (χ3n) is 5.15. The van der Waals surface area contributed by atoms with E-state index in [9.17, 15) is 9.59 Å². The Morgan fingerprint density at radius 1 is 1.28 bits per heavy atom. The third-order valence-corrected chi connectivity index (χ3v) is 5.15. The van der Waals surface area contributed by atoms with Crippen molar-refractivity contribution >= 4 is 17.5 Å². The van der Waals surface area contributed by atoms with Gasteiger partial charge in [-0.05, 0) is 37.8 Å². The summed E-state index contributed by atoms with van der Waals surface area (Å²) < 4.78 is 10.7. The summed E-state index contributed by atoms with van der Waals surface area (Å²) in [4.78, 5) is 26.4. The maximum absolute atomic E-state index is 12.7. The van der Waals surface area contributed by atoms with Crippen LogP contribution in [0.5, 0.6) is 5.75 Å². The van der Waals surface area contributed by atoms with Gasteiger partial charge >= 0.3 is 0 Å². The standard InChI is InChI=1S/C21H28N4O4/c1-14-6-4-7-15(2)21(14)29-13-19(27)25-9-5-8-16(11-25)20-17(10-22-24-20)23-18(26)12-28-3/h4,6-7,10,16H,5,8-9,11-13H2,1-3H3,(H,22,24)(H,23,26)/t16-/m1/s1. The van der Waals surface area contributed by atoms with Gasteiger partial charge in [0.1, 0.15) is 12.4 Å². The molecule has 1 aliphatic rings. The molecule has 1 aromatic heterocycles. The molecular weight excluding hydrogens is 372 g/mol. The first-order valence-corrected chi connectivity index (χ1v) is 9.78. The van der Waals surface area contributed by atoms with Crippen molar-refractivity contribution in [2.24, 2.45) is 0 Å². The molecule has 156 valence electrons. The number of nitrogens with zero attached hydrogens (tertiary/aromatic N) is 2. The van der Waals surface area contributed by atoms with E-state index in [0.29, 0.717) is 18.8 Å². The number of H-pyrrole nitrogens is 1. The molecule has 2 aromatic rings. The Hall–Kier alpha value is -2.87. The number of rotatable bonds is 7. The number of ether oxygens (including phenoxy) is 2. The van der Waals surface area contributed by atoms with Crippen molar-refractivity contribution in [3.05, 3.63) is 41.2 Å². The zero-order valence-electron chi connectivity index (χ0n) is 17.2. The van der Waals surface area contributed by atoms with Gasteiger partial charge in [0.2, 0.25) is 5.91 Å². The highest BCUT2D eigenvalue weighted by molar-refractivity contribution is 5.92. The molecule has 0 spiro atoms. The summed E-state index contributed by atoms with van der Waals surface area (Å²) in [5.41, 5.74) is 3.51. The van der Waals surface area contributed by atoms with E-state index in [4.69, 9.17) is 9.47 Å². The summed E-state index contributed by atoms with van der Waals surface area (Å²) in [5.74, 6) is 0.571. The van der Waals surface area contributed by atoms with Crippen LogP contribution < -0.4 is 10.1 Å². The number of methoxy groups -OCH3 is 1. The van der Waals surface area contributed by atoms with Crippen LogP contribution >= 0.6 is 0 Å². The topological polar surface area (TPSA) is 96.5 Å². The van der Waals surface area contributed by atoms with Crippen LogP contribution in [0.4, 0.5) is 5.69 Å². The van der Waals surface area contributed by atoms with Crippen molar-refractivity contribution in [3.8, 4) is 5.75 Å². The van der Waals surface area contributed by atoms with Gasteiger partial charge in [-0.1, -0.05) is 18.2 Å². The maximum atomic E-state index is 12.7. The lowest BCUT2D eigenvalue weighted by atomic mass is 9.94. The SMILES string of the molecule is COCC(=O)Nc1cn[nH]c1[C@@H]1CCCN(C(=O)COc2c(C)cccc2C)C1. The maximum Gasteiger partial charge on any atom is 0.260 e. The monoisotopic (exact) mass is 400 g/mol. The van der Waals surface area contributed by atoms with Crippen LogP contribution in [0, 0.1) is 13.8 Å². The molecule has 0 radical (unpaired) electrons. The Bertz CT molecular complexity index is 844. The highest BCUT2D eigenvalue weighted by Gasteiger charge is 2.28. The summed E-state index contributed by atoms with van der Waals surface area (Å²) in [6.07, 6.45) is 3.38. The van der Waals surface area contributed by atoms with E-state index in [0.717, 1.165) is 35.4 Å². The van der Waals surface area contributed by atoms with Crippen molar-refractivity contribution < 1.29 is 19.1 Å². The fourth-order valence-electron chi connectivity index (χ4n) is 3.72. The first-order valence-electron chi connectivity index (χ1n) is 9.78. The molecule has 0 aliphatic carbocycles. The van der Waals surface area contributed by atoms with Crippen LogP contribution in [-0.2, 0) is 14.3 Å². The van der Waals surface area contributed by atoms with E-state index in [2.05, 4.69) is 15.5 Å². The number of carbonyl (C=O) groups excluding carboxylic acids is 2. The van der Waals surface area contributed by atoms with E-state index < -0.39 is 0 Å². The van der Waals surface area contributed by atoms with Crippen LogP contribution in [0.25, 0.3) is 0 Å². The largest absolute Gasteiger partial charge is 0.483 e. The number of aromatic amines is 1. The number of nitrogens with one attached hydrogen (secondary N) is 2. The minimum atomic E-state index is -0.235. The predicted octanol–water partition coefficient (Wildman–Crippen LogP) is 2.40. The molecule has 2 heterocycles. The molecular formula is C21H28N4O4. The molecule has 0 bridgehead atoms. The average molecular weight is 400 g/mol. The summed E-state index contributed by atoms with van der Waals surface area (Å²) >= 11 is 0. The molecule has 1 saturated heterocycles. The number of amides is 2. The van der Waals surface area contributed by atoms with E-state index in [1.165, 1.54) is 7.11 Å². The molecule has 1 aliphatic heterocycles. The van der Waals surface area contributed by atoms with Gasteiger partial charge in [0.15, 0.2) is 6.61 Å². The molecule has 1 atom stereocenters. The number of benzene rings is 1. The summed E-state index contributed by atoms with van der Waals surface area (Å²) in [7, 11) is 1.47. The van der Waals surface area contributed by atoms with E-state index in [1.54, 1.807) is 6.20 Å². The lowest BCUT2D eigenvalue weighted by molar-refractivity contribution is -0.134. The first-order chi connectivity index (χ1) is 14.0. The summed E-state index contributed by atoms with van der Waals surface area (Å²) in [6, 6.07) is 5.92. The Labute approximate surface area is 170 Å². The van der Waals surface area contributed by atoms with E-state index in [1.807, 2.05) is 36.9 Å². The molecule has 8 nitrogen and oxygen atoms in total. The number of aryl methyl sites for hydroxylation is 2. The molecule has 2 amide bonds. The number of hydrogen-bond donors (Lipinski definition) is 2. The van der Waals surface area contributed by atoms with Crippen LogP contribution in [0.2, 0.25) is 0 Å². The van der Waals surface area contributed by atoms with Crippen LogP contribution in [0.15, 0.2) is 24.4 Å². The van der Waals surface area contributed by atoms with Gasteiger partial charge in [0, 0.05) is 26.1 Å². The molecule has 1 fully saturated rings. The third kappa shape index (κ3) is 5.14. The van der Waals surface area contributed by atoms with Crippen molar-refractivity contribution in [3.63, 3.8) is 0 Å². The van der Waals surface area contributed by atoms with Gasteiger partial charge < -0.3 is 19.7 Å². The van der Waals surface area contributed by atoms with E-state index in [-0.39, 0.29) is 30.9 Å². The van der Waals surface area contributed by atoms with Gasteiger partial charge in [-0.3, -0.25) is 14.7 Å². The molecule has 0 saturated carbocycles. The molecule has 3 rings (SSSR count). The van der Waals surface area contributed by atoms with Gasteiger partial charge in [-0.25, -0.2) is 0 Å². The Morgan fingerprint density at radius 3 is 2.76 bits per heavy atom. The van der Waals surface area contributed by atoms with Gasteiger partial charge in [0.05, 0.1) is 17.6 Å². The van der Waals surface area contributed by atoms with Gasteiger partial charge in [-0.15, -0.1) is 0 Å². The van der Waals surface area contributed by atoms with Gasteiger partial charge in [0.25, 0.3) is 5.91 Å². The molecule has 8 heteroatoms. The van der Waals surface area contributed by atoms with Gasteiger partial charge in [-0.2, -0.15) is 5.10 Å². The normalized spacial score (nSPS) is 16.5. The minimum Gasteiger partial charge on any atom is -0.483 e. The zero-order valence-corrected chi connectivity index (χ0v) is 17.2. The second-order valence-corrected chi connectivity index (χ2v) is 7.37. The van der Waals surface area contributed by atoms with Crippen molar-refractivity contribution in [2.45, 2.75) is 32.6 Å². The van der Waals surface area contributed by atoms with Crippen molar-refractivity contribution in [1.82, 2.24) is 15.1 Å². The molecule has 0 unspecified atom stereocenters. The molecule has 2 N–H and O–H groups in total. The predicted molar refractivity (Wildman–Crippen MR) is 109 cm³/mol. The smallest absolute Gasteiger partial charge is 0.260 e. The Kier molecular flexibility index (Phi) is 6.87. The lowest BCUT2D eigenvalue weighted by Crippen LogP contribution is -2.41. The van der Waals surface area contributed by atoms with Crippen molar-refractivity contribution in [2.75, 3.05) is 38.7 Å². The minimum absolute atomic E-state index is 0.0127. The second kappa shape index (κ2) is 9.56. The first kappa shape index (κ1) is 20.9. The fraction of sp³-hybridized carbons (Fsp3) is 0.476. The number of piperidine rings is 1. The fourth-order valence-corrected chi connectivity index (χ4v) is 3.72. The highest BCUT2D eigenvalue weighted by atomic mass is 16.5. The highest BCUT2D eigenvalue weighted by Crippen LogP contribution is 2.30. The van der Waals surface area contributed by atoms with Crippen LogP contribution in [0.3, 0.4) is 0 Å². The summed E-state index contributed by atoms with van der Waals surface area (Å²) in [5, 5.41) is 9.85. The van der Waals surface area contributed by atoms with Crippen molar-refractivity contribution in [1.29, 1.82) is 0 Å². The number of anilines is 1. The molecule has 1 aromatic carbocycles. The number of para-hydroxylation sites is 1. The number of carbonyl (C=O) groups is 2. The number of aromatic nitrogens is 2. The number of hydrogen-bond acceptors (Lipinski definition) is 5. The molecule has 29 heavy (non-hydrogen) atoms. The Morgan fingerprint density at radius 2 is 2.03 bits per heavy atom. The van der Waals surface area contributed by atoms with Crippen LogP contribution in [-0.4, -0.2) is 60.3 Å². The average Bonchev–Trinajstić information content (AvgIpc) is 3.15. The number of likely N-dealkylation sites (tertiary alicyclic amines) is 1.